The molecular formula is C12H16N8O3. The van der Waals surface area contributed by atoms with Gasteiger partial charge in [0, 0.05) is 26.4 Å². The fourth-order valence-electron chi connectivity index (χ4n) is 2.04. The Morgan fingerprint density at radius 3 is 2.74 bits per heavy atom. The molecule has 0 unspecified atom stereocenters. The van der Waals surface area contributed by atoms with Crippen molar-refractivity contribution in [2.45, 2.75) is 13.5 Å². The van der Waals surface area contributed by atoms with Crippen LogP contribution in [0.4, 0.5) is 0 Å². The molecular weight excluding hydrogens is 304 g/mol. The number of ether oxygens (including phenoxy) is 2. The van der Waals surface area contributed by atoms with Crippen LogP contribution in [0.15, 0.2) is 17.1 Å². The molecule has 0 saturated heterocycles. The summed E-state index contributed by atoms with van der Waals surface area (Å²) in [7, 11) is 3.19. The standard InChI is InChI=1S/C12H16N8O3/c1-4-22-11-8(7-23-9-5-6-13-14-9)10(15-18(11)2)20-12(21)19(3)16-17-20/h5-6H,4,7H2,1-3H3,(H,13,14)/i/hT. The van der Waals surface area contributed by atoms with E-state index in [-0.39, 0.29) is 18.3 Å². The molecule has 3 rings (SSSR count). The molecule has 0 bridgehead atoms. The predicted molar refractivity (Wildman–Crippen MR) is 77.5 cm³/mol. The molecule has 0 radical (unpaired) electrons. The fourth-order valence-corrected chi connectivity index (χ4v) is 2.04. The minimum Gasteiger partial charge on any atom is -0.478 e. The highest BCUT2D eigenvalue weighted by atomic mass is 16.5. The number of aryl methyl sites for hydroxylation is 2. The van der Waals surface area contributed by atoms with Crippen LogP contribution in [-0.2, 0) is 20.7 Å². The zero-order valence-corrected chi connectivity index (χ0v) is 12.9. The van der Waals surface area contributed by atoms with E-state index in [4.69, 9.17) is 10.9 Å². The molecule has 0 saturated carbocycles. The van der Waals surface area contributed by atoms with Crippen molar-refractivity contribution in [1.82, 2.24) is 39.8 Å². The summed E-state index contributed by atoms with van der Waals surface area (Å²) in [6, 6.07) is 1.55. The molecule has 3 aromatic heterocycles. The predicted octanol–water partition coefficient (Wildman–Crippen LogP) is -0.600. The van der Waals surface area contributed by atoms with Crippen LogP contribution in [0, 0.1) is 0 Å². The lowest BCUT2D eigenvalue weighted by Crippen LogP contribution is -2.23. The number of aromatic nitrogens is 8. The average molecular weight is 322 g/mol. The Hall–Kier alpha value is -3.11. The Bertz CT molecular complexity index is 908. The molecule has 0 aliphatic rings. The molecule has 0 aliphatic heterocycles. The van der Waals surface area contributed by atoms with E-state index in [9.17, 15) is 4.79 Å². The number of H-pyrrole nitrogens is 1. The van der Waals surface area contributed by atoms with Gasteiger partial charge in [-0.25, -0.2) is 9.48 Å². The molecule has 0 spiro atoms. The molecule has 23 heavy (non-hydrogen) atoms. The van der Waals surface area contributed by atoms with Crippen molar-refractivity contribution in [3.05, 3.63) is 28.3 Å². The monoisotopic (exact) mass is 322 g/mol. The molecule has 0 amide bonds. The van der Waals surface area contributed by atoms with Crippen molar-refractivity contribution in [3.8, 4) is 17.6 Å². The fraction of sp³-hybridized carbons (Fsp3) is 0.417. The number of hydrogen-bond acceptors (Lipinski definition) is 7. The van der Waals surface area contributed by atoms with Crippen LogP contribution >= 0.6 is 0 Å². The van der Waals surface area contributed by atoms with Crippen molar-refractivity contribution in [3.63, 3.8) is 0 Å². The average Bonchev–Trinajstić information content (AvgIpc) is 3.19. The first-order valence-electron chi connectivity index (χ1n) is 7.31. The number of nitrogens with zero attached hydrogens (tertiary/aromatic N) is 7. The van der Waals surface area contributed by atoms with Crippen LogP contribution in [0.25, 0.3) is 5.82 Å². The summed E-state index contributed by atoms with van der Waals surface area (Å²) in [5.74, 6) is 0.994. The highest BCUT2D eigenvalue weighted by Crippen LogP contribution is 2.25. The largest absolute Gasteiger partial charge is 0.478 e. The van der Waals surface area contributed by atoms with Gasteiger partial charge >= 0.3 is 5.69 Å². The highest BCUT2D eigenvalue weighted by molar-refractivity contribution is 5.41. The summed E-state index contributed by atoms with van der Waals surface area (Å²) in [5.41, 5.74) is 0.0920. The third-order valence-corrected chi connectivity index (χ3v) is 3.07. The van der Waals surface area contributed by atoms with Gasteiger partial charge in [0.2, 0.25) is 11.8 Å². The lowest BCUT2D eigenvalue weighted by atomic mass is 10.3. The topological polar surface area (TPSA) is 118 Å². The second kappa shape index (κ2) is 5.94. The van der Waals surface area contributed by atoms with Gasteiger partial charge in [-0.1, -0.05) is 0 Å². The van der Waals surface area contributed by atoms with E-state index in [1.807, 2.05) is 6.92 Å². The third kappa shape index (κ3) is 2.67. The normalized spacial score (nSPS) is 11.5. The Balaban J connectivity index is 2.00. The number of nitrogens with one attached hydrogen (secondary N) is 1. The highest BCUT2D eigenvalue weighted by Gasteiger charge is 2.23. The minimum atomic E-state index is -0.437. The summed E-state index contributed by atoms with van der Waals surface area (Å²) in [6.45, 7) is 2.30. The van der Waals surface area contributed by atoms with Crippen molar-refractivity contribution >= 4 is 0 Å². The van der Waals surface area contributed by atoms with Gasteiger partial charge in [-0.3, -0.25) is 5.09 Å². The Morgan fingerprint density at radius 1 is 1.30 bits per heavy atom. The lowest BCUT2D eigenvalue weighted by Gasteiger charge is -2.07. The van der Waals surface area contributed by atoms with Gasteiger partial charge in [-0.2, -0.15) is 4.68 Å². The van der Waals surface area contributed by atoms with Gasteiger partial charge < -0.3 is 9.47 Å². The Labute approximate surface area is 131 Å². The molecule has 122 valence electrons. The number of tetrazole rings is 1. The summed E-state index contributed by atoms with van der Waals surface area (Å²) < 4.78 is 22.2. The zero-order chi connectivity index (χ0) is 17.3. The number of aromatic amines is 1. The lowest BCUT2D eigenvalue weighted by molar-refractivity contribution is 0.269. The first kappa shape index (κ1) is 13.5. The van der Waals surface area contributed by atoms with Gasteiger partial charge in [-0.15, -0.1) is 14.9 Å². The van der Waals surface area contributed by atoms with E-state index in [2.05, 4.69) is 20.6 Å². The zero-order valence-electron chi connectivity index (χ0n) is 13.9. The number of rotatable bonds is 6. The molecule has 1 N–H and O–H groups in total. The van der Waals surface area contributed by atoms with E-state index in [1.165, 1.54) is 17.9 Å². The second-order valence-corrected chi connectivity index (χ2v) is 4.62. The van der Waals surface area contributed by atoms with Crippen molar-refractivity contribution < 1.29 is 10.9 Å². The van der Waals surface area contributed by atoms with E-state index in [1.54, 1.807) is 13.1 Å². The van der Waals surface area contributed by atoms with Gasteiger partial charge in [-0.05, 0) is 17.4 Å². The quantitative estimate of drug-likeness (QED) is 0.644. The van der Waals surface area contributed by atoms with E-state index in [0.717, 1.165) is 14.5 Å². The van der Waals surface area contributed by atoms with Crippen LogP contribution in [0.2, 0.25) is 1.41 Å². The van der Waals surface area contributed by atoms with E-state index < -0.39 is 5.69 Å². The number of hydrogen-bond donors (Lipinski definition) is 1. The molecule has 0 aromatic carbocycles. The Morgan fingerprint density at radius 2 is 2.13 bits per heavy atom. The smallest absolute Gasteiger partial charge is 0.369 e. The third-order valence-electron chi connectivity index (χ3n) is 3.07. The van der Waals surface area contributed by atoms with Crippen LogP contribution < -0.4 is 15.2 Å². The van der Waals surface area contributed by atoms with E-state index >= 15 is 0 Å². The van der Waals surface area contributed by atoms with Crippen LogP contribution in [-0.4, -0.2) is 46.4 Å². The molecule has 3 aromatic rings. The molecule has 11 nitrogen and oxygen atoms in total. The Kier molecular flexibility index (Phi) is 3.50. The minimum absolute atomic E-state index is 0.0402. The van der Waals surface area contributed by atoms with Crippen LogP contribution in [0.5, 0.6) is 11.8 Å². The maximum Gasteiger partial charge on any atom is 0.369 e. The van der Waals surface area contributed by atoms with Gasteiger partial charge in [0.05, 0.1) is 12.2 Å². The van der Waals surface area contributed by atoms with E-state index in [0.29, 0.717) is 18.1 Å². The molecule has 3 heterocycles. The molecule has 0 atom stereocenters. The second-order valence-electron chi connectivity index (χ2n) is 4.62. The van der Waals surface area contributed by atoms with Crippen molar-refractivity contribution in [2.75, 3.05) is 6.61 Å². The maximum absolute atomic E-state index is 12.1. The molecule has 0 aliphatic carbocycles. The molecule has 0 fully saturated rings. The summed E-state index contributed by atoms with van der Waals surface area (Å²) in [4.78, 5) is 12.1. The first-order chi connectivity index (χ1) is 11.5. The van der Waals surface area contributed by atoms with Gasteiger partial charge in [0.1, 0.15) is 6.61 Å². The SMILES string of the molecule is [3H]n1ccc(OCc2c(-n3nnn(C)c3=O)nn(C)c2OCC)n1. The summed E-state index contributed by atoms with van der Waals surface area (Å²) in [6.07, 6.45) is 1.44. The van der Waals surface area contributed by atoms with Crippen LogP contribution in [0.3, 0.4) is 0 Å². The van der Waals surface area contributed by atoms with Gasteiger partial charge in [0.25, 0.3) is 0 Å². The van der Waals surface area contributed by atoms with Gasteiger partial charge in [0.15, 0.2) is 7.23 Å². The maximum atomic E-state index is 12.1. The van der Waals surface area contributed by atoms with Crippen molar-refractivity contribution in [2.24, 2.45) is 14.1 Å². The summed E-state index contributed by atoms with van der Waals surface area (Å²) in [5, 5.41) is 16.5. The first-order valence-corrected chi connectivity index (χ1v) is 6.87. The molecule has 11 heteroatoms. The summed E-state index contributed by atoms with van der Waals surface area (Å²) >= 11 is 0. The van der Waals surface area contributed by atoms with Crippen molar-refractivity contribution in [1.29, 1.82) is 0 Å². The van der Waals surface area contributed by atoms with Crippen LogP contribution in [0.1, 0.15) is 12.5 Å².